The third-order valence-corrected chi connectivity index (χ3v) is 3.26. The van der Waals surface area contributed by atoms with Crippen molar-refractivity contribution in [2.45, 2.75) is 38.8 Å². The van der Waals surface area contributed by atoms with Crippen LogP contribution < -0.4 is 10.6 Å². The third kappa shape index (κ3) is 3.30. The van der Waals surface area contributed by atoms with Crippen LogP contribution in [0, 0.1) is 0 Å². The molecule has 2 N–H and O–H groups in total. The van der Waals surface area contributed by atoms with E-state index in [-0.39, 0.29) is 5.91 Å². The summed E-state index contributed by atoms with van der Waals surface area (Å²) in [6, 6.07) is 8.96. The van der Waals surface area contributed by atoms with Crippen LogP contribution in [-0.4, -0.2) is 18.5 Å². The maximum absolute atomic E-state index is 11.4. The van der Waals surface area contributed by atoms with Crippen molar-refractivity contribution >= 4 is 5.91 Å². The number of rotatable bonds is 4. The number of hydrogen-bond donors (Lipinski definition) is 2. The molecule has 1 aliphatic heterocycles. The van der Waals surface area contributed by atoms with Crippen LogP contribution in [0.5, 0.6) is 0 Å². The molecule has 1 aliphatic rings. The molecular formula is C14H20N2O. The van der Waals surface area contributed by atoms with Gasteiger partial charge in [0.25, 0.3) is 0 Å². The minimum Gasteiger partial charge on any atom is -0.356 e. The van der Waals surface area contributed by atoms with Gasteiger partial charge in [0.1, 0.15) is 0 Å². The van der Waals surface area contributed by atoms with E-state index in [9.17, 15) is 4.79 Å². The van der Waals surface area contributed by atoms with Crippen LogP contribution in [0.4, 0.5) is 0 Å². The molecule has 1 heterocycles. The van der Waals surface area contributed by atoms with Crippen LogP contribution in [0.2, 0.25) is 0 Å². The first-order valence-corrected chi connectivity index (χ1v) is 6.36. The molecule has 0 fully saturated rings. The fraction of sp³-hybridized carbons (Fsp3) is 0.500. The normalized spacial score (nSPS) is 18.5. The molecular weight excluding hydrogens is 212 g/mol. The Labute approximate surface area is 103 Å². The van der Waals surface area contributed by atoms with Gasteiger partial charge in [-0.1, -0.05) is 24.3 Å². The summed E-state index contributed by atoms with van der Waals surface area (Å²) in [6.45, 7) is 3.60. The van der Waals surface area contributed by atoms with Gasteiger partial charge in [0.05, 0.1) is 0 Å². The number of fused-ring (bicyclic) bond motifs is 1. The minimum absolute atomic E-state index is 0.160. The highest BCUT2D eigenvalue weighted by atomic mass is 16.1. The maximum atomic E-state index is 11.4. The summed E-state index contributed by atoms with van der Waals surface area (Å²) in [7, 11) is 0. The molecule has 2 rings (SSSR count). The molecule has 1 atom stereocenters. The lowest BCUT2D eigenvalue weighted by molar-refractivity contribution is -0.121. The number of carbonyl (C=O) groups excluding carboxylic acids is 1. The van der Waals surface area contributed by atoms with Crippen LogP contribution in [0.1, 0.15) is 30.9 Å². The highest BCUT2D eigenvalue weighted by Gasteiger charge is 2.17. The summed E-state index contributed by atoms with van der Waals surface area (Å²) < 4.78 is 0. The minimum atomic E-state index is 0.160. The standard InChI is InChI=1S/C14H20N2O/c1-2-15-14(17)8-7-13-9-11-5-3-4-6-12(11)10-16-13/h3-6,13,16H,2,7-10H2,1H3,(H,15,17). The number of amides is 1. The van der Waals surface area contributed by atoms with Crippen LogP contribution in [0.25, 0.3) is 0 Å². The van der Waals surface area contributed by atoms with Gasteiger partial charge in [0, 0.05) is 25.6 Å². The van der Waals surface area contributed by atoms with Crippen LogP contribution >= 0.6 is 0 Å². The fourth-order valence-corrected chi connectivity index (χ4v) is 2.32. The molecule has 0 saturated heterocycles. The van der Waals surface area contributed by atoms with Crippen LogP contribution in [-0.2, 0) is 17.8 Å². The van der Waals surface area contributed by atoms with E-state index in [2.05, 4.69) is 34.9 Å². The molecule has 1 aromatic carbocycles. The lowest BCUT2D eigenvalue weighted by Crippen LogP contribution is -2.36. The molecule has 0 saturated carbocycles. The van der Waals surface area contributed by atoms with Gasteiger partial charge in [-0.15, -0.1) is 0 Å². The van der Waals surface area contributed by atoms with E-state index in [0.717, 1.165) is 25.9 Å². The summed E-state index contributed by atoms with van der Waals surface area (Å²) in [5, 5.41) is 6.33. The van der Waals surface area contributed by atoms with Crippen molar-refractivity contribution in [2.24, 2.45) is 0 Å². The van der Waals surface area contributed by atoms with E-state index in [1.165, 1.54) is 11.1 Å². The van der Waals surface area contributed by atoms with Crippen molar-refractivity contribution in [1.29, 1.82) is 0 Å². The Balaban J connectivity index is 1.84. The van der Waals surface area contributed by atoms with Gasteiger partial charge in [0.2, 0.25) is 5.91 Å². The zero-order chi connectivity index (χ0) is 12.1. The molecule has 1 unspecified atom stereocenters. The van der Waals surface area contributed by atoms with E-state index in [1.807, 2.05) is 6.92 Å². The van der Waals surface area contributed by atoms with E-state index >= 15 is 0 Å². The first-order valence-electron chi connectivity index (χ1n) is 6.36. The van der Waals surface area contributed by atoms with Gasteiger partial charge < -0.3 is 10.6 Å². The number of benzene rings is 1. The Hall–Kier alpha value is -1.35. The molecule has 0 bridgehead atoms. The molecule has 0 aromatic heterocycles. The van der Waals surface area contributed by atoms with Crippen molar-refractivity contribution in [3.8, 4) is 0 Å². The predicted molar refractivity (Wildman–Crippen MR) is 68.7 cm³/mol. The summed E-state index contributed by atoms with van der Waals surface area (Å²) in [5.41, 5.74) is 2.81. The summed E-state index contributed by atoms with van der Waals surface area (Å²) in [6.07, 6.45) is 2.57. The smallest absolute Gasteiger partial charge is 0.220 e. The molecule has 3 nitrogen and oxygen atoms in total. The Bertz CT molecular complexity index is 390. The van der Waals surface area contributed by atoms with Gasteiger partial charge in [-0.25, -0.2) is 0 Å². The van der Waals surface area contributed by atoms with Gasteiger partial charge in [-0.3, -0.25) is 4.79 Å². The average molecular weight is 232 g/mol. The summed E-state index contributed by atoms with van der Waals surface area (Å²) >= 11 is 0. The Kier molecular flexibility index (Phi) is 4.15. The van der Waals surface area contributed by atoms with Crippen molar-refractivity contribution in [3.63, 3.8) is 0 Å². The quantitative estimate of drug-likeness (QED) is 0.828. The van der Waals surface area contributed by atoms with E-state index in [1.54, 1.807) is 0 Å². The second-order valence-electron chi connectivity index (χ2n) is 4.54. The second kappa shape index (κ2) is 5.82. The molecule has 0 spiro atoms. The highest BCUT2D eigenvalue weighted by Crippen LogP contribution is 2.18. The fourth-order valence-electron chi connectivity index (χ4n) is 2.32. The first-order chi connectivity index (χ1) is 8.29. The topological polar surface area (TPSA) is 41.1 Å². The van der Waals surface area contributed by atoms with E-state index in [4.69, 9.17) is 0 Å². The summed E-state index contributed by atoms with van der Waals surface area (Å²) in [5.74, 6) is 0.160. The van der Waals surface area contributed by atoms with Gasteiger partial charge in [-0.05, 0) is 30.9 Å². The largest absolute Gasteiger partial charge is 0.356 e. The Morgan fingerprint density at radius 1 is 1.41 bits per heavy atom. The zero-order valence-electron chi connectivity index (χ0n) is 10.3. The van der Waals surface area contributed by atoms with Gasteiger partial charge in [-0.2, -0.15) is 0 Å². The number of nitrogens with one attached hydrogen (secondary N) is 2. The molecule has 3 heteroatoms. The molecule has 1 amide bonds. The zero-order valence-corrected chi connectivity index (χ0v) is 10.3. The average Bonchev–Trinajstić information content (AvgIpc) is 2.36. The van der Waals surface area contributed by atoms with Gasteiger partial charge in [0.15, 0.2) is 0 Å². The number of hydrogen-bond acceptors (Lipinski definition) is 2. The predicted octanol–water partition coefficient (Wildman–Crippen LogP) is 1.62. The van der Waals surface area contributed by atoms with Crippen molar-refractivity contribution in [1.82, 2.24) is 10.6 Å². The molecule has 1 aromatic rings. The molecule has 17 heavy (non-hydrogen) atoms. The molecule has 0 radical (unpaired) electrons. The van der Waals surface area contributed by atoms with Gasteiger partial charge >= 0.3 is 0 Å². The SMILES string of the molecule is CCNC(=O)CCC1Cc2ccccc2CN1. The second-order valence-corrected chi connectivity index (χ2v) is 4.54. The Morgan fingerprint density at radius 2 is 2.18 bits per heavy atom. The number of carbonyl (C=O) groups is 1. The lowest BCUT2D eigenvalue weighted by Gasteiger charge is -2.25. The summed E-state index contributed by atoms with van der Waals surface area (Å²) in [4.78, 5) is 11.4. The van der Waals surface area contributed by atoms with Crippen molar-refractivity contribution in [2.75, 3.05) is 6.54 Å². The monoisotopic (exact) mass is 232 g/mol. The molecule has 92 valence electrons. The van der Waals surface area contributed by atoms with Crippen LogP contribution in [0.3, 0.4) is 0 Å². The van der Waals surface area contributed by atoms with E-state index < -0.39 is 0 Å². The van der Waals surface area contributed by atoms with Crippen LogP contribution in [0.15, 0.2) is 24.3 Å². The first kappa shape index (κ1) is 12.1. The highest BCUT2D eigenvalue weighted by molar-refractivity contribution is 5.75. The lowest BCUT2D eigenvalue weighted by atomic mass is 9.93. The van der Waals surface area contributed by atoms with Crippen molar-refractivity contribution in [3.05, 3.63) is 35.4 Å². The van der Waals surface area contributed by atoms with E-state index in [0.29, 0.717) is 12.5 Å². The maximum Gasteiger partial charge on any atom is 0.220 e. The third-order valence-electron chi connectivity index (χ3n) is 3.26. The van der Waals surface area contributed by atoms with Crippen molar-refractivity contribution < 1.29 is 4.79 Å². The molecule has 0 aliphatic carbocycles. The Morgan fingerprint density at radius 3 is 2.94 bits per heavy atom.